The van der Waals surface area contributed by atoms with Crippen LogP contribution in [-0.2, 0) is 21.1 Å². The highest BCUT2D eigenvalue weighted by molar-refractivity contribution is 6.62. The number of nitrogens with zero attached hydrogens (tertiary/aromatic N) is 1. The van der Waals surface area contributed by atoms with Crippen LogP contribution in [0.5, 0.6) is 0 Å². The van der Waals surface area contributed by atoms with Crippen LogP contribution < -0.4 is 10.8 Å². The van der Waals surface area contributed by atoms with Crippen molar-refractivity contribution >= 4 is 18.7 Å². The lowest BCUT2D eigenvalue weighted by Crippen LogP contribution is -2.41. The van der Waals surface area contributed by atoms with Gasteiger partial charge in [-0.25, -0.2) is 4.79 Å². The monoisotopic (exact) mass is 370 g/mol. The van der Waals surface area contributed by atoms with E-state index < -0.39 is 29.8 Å². The van der Waals surface area contributed by atoms with Crippen LogP contribution >= 0.6 is 0 Å². The molecule has 0 spiro atoms. The first-order valence-corrected chi connectivity index (χ1v) is 9.47. The summed E-state index contributed by atoms with van der Waals surface area (Å²) in [5.41, 5.74) is 1.77. The molecule has 1 saturated carbocycles. The normalized spacial score (nSPS) is 21.5. The van der Waals surface area contributed by atoms with Gasteiger partial charge in [-0.05, 0) is 70.0 Å². The highest BCUT2D eigenvalue weighted by Gasteiger charge is 2.52. The van der Waals surface area contributed by atoms with Crippen molar-refractivity contribution in [1.82, 2.24) is 5.32 Å². The fraction of sp³-hybridized carbons (Fsp3) is 0.600. The smallest absolute Gasteiger partial charge is 0.465 e. The minimum Gasteiger partial charge on any atom is -0.465 e. The van der Waals surface area contributed by atoms with E-state index in [2.05, 4.69) is 23.5 Å². The maximum absolute atomic E-state index is 10.6. The van der Waals surface area contributed by atoms with Gasteiger partial charge in [0.15, 0.2) is 0 Å². The van der Waals surface area contributed by atoms with Crippen molar-refractivity contribution in [2.75, 3.05) is 6.54 Å². The number of rotatable bonds is 6. The molecule has 3 rings (SSSR count). The second-order valence-corrected chi connectivity index (χ2v) is 8.58. The van der Waals surface area contributed by atoms with E-state index in [1.165, 1.54) is 0 Å². The van der Waals surface area contributed by atoms with Crippen molar-refractivity contribution in [3.05, 3.63) is 29.3 Å². The van der Waals surface area contributed by atoms with E-state index >= 15 is 0 Å². The largest absolute Gasteiger partial charge is 0.494 e. The summed E-state index contributed by atoms with van der Waals surface area (Å²) in [6.45, 7) is 8.48. The Morgan fingerprint density at radius 1 is 1.22 bits per heavy atom. The molecule has 2 fully saturated rings. The summed E-state index contributed by atoms with van der Waals surface area (Å²) in [7, 11) is -0.472. The number of hydrogen-bond donors (Lipinski definition) is 2. The molecular weight excluding hydrogens is 343 g/mol. The molecule has 2 N–H and O–H groups in total. The Kier molecular flexibility index (Phi) is 5.00. The third-order valence-electron chi connectivity index (χ3n) is 5.98. The number of benzene rings is 1. The number of carbonyl (C=O) groups is 1. The van der Waals surface area contributed by atoms with Crippen LogP contribution in [-0.4, -0.2) is 36.1 Å². The molecular formula is C20H27BN2O4. The number of carboxylic acid groups (broad SMARTS) is 1. The number of hydrogen-bond acceptors (Lipinski definition) is 4. The van der Waals surface area contributed by atoms with Gasteiger partial charge in [0.2, 0.25) is 0 Å². The van der Waals surface area contributed by atoms with E-state index in [4.69, 9.17) is 14.4 Å². The topological polar surface area (TPSA) is 91.6 Å². The van der Waals surface area contributed by atoms with Crippen LogP contribution in [0.1, 0.15) is 58.1 Å². The molecule has 0 aromatic heterocycles. The minimum absolute atomic E-state index is 0.395. The Hall–Kier alpha value is -2.04. The zero-order valence-corrected chi connectivity index (χ0v) is 16.5. The van der Waals surface area contributed by atoms with Crippen LogP contribution in [0.25, 0.3) is 0 Å². The SMILES string of the molecule is CC1(C)OB(c2cc(CCCNC(=O)O)cc(C3(C#N)CC3)c2)OC1(C)C. The molecule has 1 aliphatic heterocycles. The van der Waals surface area contributed by atoms with E-state index in [-0.39, 0.29) is 0 Å². The van der Waals surface area contributed by atoms with E-state index in [9.17, 15) is 10.1 Å². The van der Waals surface area contributed by atoms with Crippen molar-refractivity contribution < 1.29 is 19.2 Å². The molecule has 0 bridgehead atoms. The highest BCUT2D eigenvalue weighted by atomic mass is 16.7. The Balaban J connectivity index is 1.85. The molecule has 7 heteroatoms. The molecule has 0 unspecified atom stereocenters. The van der Waals surface area contributed by atoms with Gasteiger partial charge in [0, 0.05) is 6.54 Å². The molecule has 2 aliphatic rings. The quantitative estimate of drug-likeness (QED) is 0.594. The van der Waals surface area contributed by atoms with Gasteiger partial charge in [-0.2, -0.15) is 5.26 Å². The lowest BCUT2D eigenvalue weighted by molar-refractivity contribution is 0.00578. The number of nitriles is 1. The fourth-order valence-electron chi connectivity index (χ4n) is 3.33. The Morgan fingerprint density at radius 3 is 2.37 bits per heavy atom. The predicted molar refractivity (Wildman–Crippen MR) is 103 cm³/mol. The molecule has 1 aromatic rings. The van der Waals surface area contributed by atoms with Gasteiger partial charge in [-0.3, -0.25) is 0 Å². The summed E-state index contributed by atoms with van der Waals surface area (Å²) in [6.07, 6.45) is 2.15. The molecule has 1 amide bonds. The molecule has 0 atom stereocenters. The van der Waals surface area contributed by atoms with Gasteiger partial charge in [-0.1, -0.05) is 18.2 Å². The summed E-state index contributed by atoms with van der Waals surface area (Å²) in [6, 6.07) is 8.63. The van der Waals surface area contributed by atoms with Crippen LogP contribution in [0, 0.1) is 11.3 Å². The molecule has 1 aromatic carbocycles. The lowest BCUT2D eigenvalue weighted by atomic mass is 9.75. The van der Waals surface area contributed by atoms with Gasteiger partial charge < -0.3 is 19.7 Å². The summed E-state index contributed by atoms with van der Waals surface area (Å²) in [4.78, 5) is 10.6. The van der Waals surface area contributed by atoms with Gasteiger partial charge in [0.25, 0.3) is 0 Å². The lowest BCUT2D eigenvalue weighted by Gasteiger charge is -2.32. The second kappa shape index (κ2) is 6.85. The average Bonchev–Trinajstić information content (AvgIpc) is 3.34. The Labute approximate surface area is 161 Å². The minimum atomic E-state index is -1.01. The molecule has 144 valence electrons. The second-order valence-electron chi connectivity index (χ2n) is 8.58. The molecule has 1 aliphatic carbocycles. The van der Waals surface area contributed by atoms with Crippen LogP contribution in [0.2, 0.25) is 0 Å². The van der Waals surface area contributed by atoms with Crippen molar-refractivity contribution in [2.45, 2.75) is 70.0 Å². The van der Waals surface area contributed by atoms with Gasteiger partial charge in [-0.15, -0.1) is 0 Å². The van der Waals surface area contributed by atoms with E-state index in [1.54, 1.807) is 0 Å². The van der Waals surface area contributed by atoms with Crippen molar-refractivity contribution in [2.24, 2.45) is 0 Å². The highest BCUT2D eigenvalue weighted by Crippen LogP contribution is 2.47. The Morgan fingerprint density at radius 2 is 1.85 bits per heavy atom. The molecule has 6 nitrogen and oxygen atoms in total. The van der Waals surface area contributed by atoms with Crippen molar-refractivity contribution in [3.8, 4) is 6.07 Å². The third-order valence-corrected chi connectivity index (χ3v) is 5.98. The summed E-state index contributed by atoms with van der Waals surface area (Å²) in [5, 5.41) is 20.7. The number of amides is 1. The first-order chi connectivity index (χ1) is 12.6. The summed E-state index contributed by atoms with van der Waals surface area (Å²) >= 11 is 0. The summed E-state index contributed by atoms with van der Waals surface area (Å²) < 4.78 is 12.4. The Bertz CT molecular complexity index is 765. The first-order valence-electron chi connectivity index (χ1n) is 9.47. The van der Waals surface area contributed by atoms with E-state index in [0.29, 0.717) is 13.0 Å². The van der Waals surface area contributed by atoms with E-state index in [1.807, 2.05) is 33.8 Å². The molecule has 0 radical (unpaired) electrons. The standard InChI is InChI=1S/C20H27BN2O4/c1-18(2)19(3,4)27-21(26-18)16-11-14(6-5-9-23-17(24)25)10-15(12-16)20(13-22)7-8-20/h10-12,23H,5-9H2,1-4H3,(H,24,25). The molecule has 1 heterocycles. The van der Waals surface area contributed by atoms with E-state index in [0.717, 1.165) is 35.9 Å². The summed E-state index contributed by atoms with van der Waals surface area (Å²) in [5.74, 6) is 0. The van der Waals surface area contributed by atoms with Gasteiger partial charge in [0.05, 0.1) is 22.7 Å². The zero-order valence-electron chi connectivity index (χ0n) is 16.5. The molecule has 1 saturated heterocycles. The van der Waals surface area contributed by atoms with Crippen LogP contribution in [0.15, 0.2) is 18.2 Å². The van der Waals surface area contributed by atoms with Crippen LogP contribution in [0.4, 0.5) is 4.79 Å². The zero-order chi connectivity index (χ0) is 19.9. The molecule has 27 heavy (non-hydrogen) atoms. The van der Waals surface area contributed by atoms with Crippen LogP contribution in [0.3, 0.4) is 0 Å². The fourth-order valence-corrected chi connectivity index (χ4v) is 3.33. The van der Waals surface area contributed by atoms with Gasteiger partial charge in [0.1, 0.15) is 0 Å². The average molecular weight is 370 g/mol. The predicted octanol–water partition coefficient (Wildman–Crippen LogP) is 2.74. The third kappa shape index (κ3) is 3.97. The van der Waals surface area contributed by atoms with Crippen molar-refractivity contribution in [1.29, 1.82) is 5.26 Å². The number of nitrogens with one attached hydrogen (secondary N) is 1. The maximum atomic E-state index is 10.6. The van der Waals surface area contributed by atoms with Crippen molar-refractivity contribution in [3.63, 3.8) is 0 Å². The van der Waals surface area contributed by atoms with Gasteiger partial charge >= 0.3 is 13.2 Å². The first kappa shape index (κ1) is 19.7. The maximum Gasteiger partial charge on any atom is 0.494 e. The number of aryl methyl sites for hydroxylation is 1.